The summed E-state index contributed by atoms with van der Waals surface area (Å²) in [5.74, 6) is 0. The Morgan fingerprint density at radius 3 is 2.46 bits per heavy atom. The van der Waals surface area contributed by atoms with Crippen LogP contribution in [-0.4, -0.2) is 11.2 Å². The van der Waals surface area contributed by atoms with Gasteiger partial charge >= 0.3 is 0 Å². The lowest BCUT2D eigenvalue weighted by Crippen LogP contribution is -2.21. The molecule has 2 unspecified atom stereocenters. The highest BCUT2D eigenvalue weighted by atomic mass is 16.3. The molecule has 7 N–H and O–H groups in total. The van der Waals surface area contributed by atoms with Crippen molar-refractivity contribution in [1.29, 1.82) is 0 Å². The molecule has 0 radical (unpaired) electrons. The van der Waals surface area contributed by atoms with Crippen LogP contribution in [0.3, 0.4) is 0 Å². The molecule has 1 aliphatic carbocycles. The third kappa shape index (κ3) is 1.07. The molecule has 0 spiro atoms. The van der Waals surface area contributed by atoms with Crippen molar-refractivity contribution < 1.29 is 5.11 Å². The fraction of sp³-hybridized carbons (Fsp3) is 0.333. The van der Waals surface area contributed by atoms with Gasteiger partial charge in [0.25, 0.3) is 0 Å². The number of hydrogen-bond acceptors (Lipinski definition) is 4. The zero-order valence-electron chi connectivity index (χ0n) is 7.20. The number of fused-ring (bicyclic) bond motifs is 1. The summed E-state index contributed by atoms with van der Waals surface area (Å²) in [6.07, 6.45) is -0.0464. The summed E-state index contributed by atoms with van der Waals surface area (Å²) in [6, 6.07) is 3.09. The highest BCUT2D eigenvalue weighted by Gasteiger charge is 2.31. The third-order valence-corrected chi connectivity index (χ3v) is 2.59. The molecular formula is C9H13N3O. The normalized spacial score (nSPS) is 26.0. The maximum atomic E-state index is 9.53. The van der Waals surface area contributed by atoms with Crippen molar-refractivity contribution in [1.82, 2.24) is 0 Å². The minimum atomic E-state index is -0.554. The summed E-state index contributed by atoms with van der Waals surface area (Å²) in [5.41, 5.74) is 20.3. The summed E-state index contributed by atoms with van der Waals surface area (Å²) in [6.45, 7) is 0. The first-order valence-corrected chi connectivity index (χ1v) is 4.21. The zero-order chi connectivity index (χ0) is 9.59. The molecule has 0 aromatic heterocycles. The van der Waals surface area contributed by atoms with Crippen LogP contribution in [0.25, 0.3) is 0 Å². The Kier molecular flexibility index (Phi) is 1.68. The summed E-state index contributed by atoms with van der Waals surface area (Å²) < 4.78 is 0. The number of nitrogens with two attached hydrogens (primary N) is 3. The largest absolute Gasteiger partial charge is 0.398 e. The van der Waals surface area contributed by atoms with Gasteiger partial charge in [-0.15, -0.1) is 0 Å². The standard InChI is InChI=1S/C9H13N3O/c10-5-1-2-6(11)8-4(5)3-7(13)9(8)12/h1-2,7,9,13H,3,10-12H2. The van der Waals surface area contributed by atoms with Gasteiger partial charge in [-0.25, -0.2) is 0 Å². The van der Waals surface area contributed by atoms with E-state index in [4.69, 9.17) is 17.2 Å². The second-order valence-electron chi connectivity index (χ2n) is 3.43. The molecule has 1 aliphatic rings. The van der Waals surface area contributed by atoms with E-state index < -0.39 is 12.1 Å². The Balaban J connectivity index is 2.61. The Morgan fingerprint density at radius 2 is 1.85 bits per heavy atom. The summed E-state index contributed by atoms with van der Waals surface area (Å²) >= 11 is 0. The Morgan fingerprint density at radius 1 is 1.23 bits per heavy atom. The van der Waals surface area contributed by atoms with Gasteiger partial charge < -0.3 is 22.3 Å². The minimum Gasteiger partial charge on any atom is -0.398 e. The molecule has 0 amide bonds. The van der Waals surface area contributed by atoms with E-state index in [2.05, 4.69) is 0 Å². The minimum absolute atomic E-state index is 0.390. The zero-order valence-corrected chi connectivity index (χ0v) is 7.20. The Labute approximate surface area is 76.3 Å². The molecule has 0 heterocycles. The molecule has 2 atom stereocenters. The molecule has 0 aliphatic heterocycles. The van der Waals surface area contributed by atoms with Crippen LogP contribution in [-0.2, 0) is 6.42 Å². The van der Waals surface area contributed by atoms with Gasteiger partial charge in [0, 0.05) is 17.8 Å². The third-order valence-electron chi connectivity index (χ3n) is 2.59. The van der Waals surface area contributed by atoms with Crippen molar-refractivity contribution in [2.45, 2.75) is 18.6 Å². The van der Waals surface area contributed by atoms with Gasteiger partial charge in [-0.3, -0.25) is 0 Å². The van der Waals surface area contributed by atoms with Gasteiger partial charge in [-0.1, -0.05) is 0 Å². The molecule has 4 nitrogen and oxygen atoms in total. The predicted molar refractivity (Wildman–Crippen MR) is 51.9 cm³/mol. The van der Waals surface area contributed by atoms with Crippen molar-refractivity contribution in [3.05, 3.63) is 23.3 Å². The first kappa shape index (κ1) is 8.34. The van der Waals surface area contributed by atoms with Crippen LogP contribution in [0, 0.1) is 0 Å². The number of nitrogen functional groups attached to an aromatic ring is 2. The van der Waals surface area contributed by atoms with E-state index in [9.17, 15) is 5.11 Å². The van der Waals surface area contributed by atoms with Gasteiger partial charge in [0.05, 0.1) is 12.1 Å². The molecule has 1 aromatic rings. The lowest BCUT2D eigenvalue weighted by Gasteiger charge is -2.11. The van der Waals surface area contributed by atoms with E-state index in [1.165, 1.54) is 0 Å². The van der Waals surface area contributed by atoms with E-state index in [-0.39, 0.29) is 0 Å². The number of aliphatic hydroxyl groups is 1. The molecule has 13 heavy (non-hydrogen) atoms. The van der Waals surface area contributed by atoms with Gasteiger partial charge in [0.15, 0.2) is 0 Å². The molecule has 2 rings (SSSR count). The SMILES string of the molecule is Nc1ccc(N)c2c1CC(O)C2N. The molecule has 0 bridgehead atoms. The number of aliphatic hydroxyl groups excluding tert-OH is 1. The summed E-state index contributed by atoms with van der Waals surface area (Å²) in [5, 5.41) is 9.53. The molecule has 0 fully saturated rings. The quantitative estimate of drug-likeness (QED) is 0.413. The van der Waals surface area contributed by atoms with Crippen LogP contribution in [0.5, 0.6) is 0 Å². The second kappa shape index (κ2) is 2.61. The highest BCUT2D eigenvalue weighted by molar-refractivity contribution is 5.65. The molecule has 1 aromatic carbocycles. The van der Waals surface area contributed by atoms with Crippen molar-refractivity contribution in [3.63, 3.8) is 0 Å². The lowest BCUT2D eigenvalue weighted by atomic mass is 10.0. The van der Waals surface area contributed by atoms with Crippen LogP contribution in [0.2, 0.25) is 0 Å². The Bertz CT molecular complexity index is 351. The van der Waals surface area contributed by atoms with Crippen LogP contribution in [0.4, 0.5) is 11.4 Å². The number of anilines is 2. The van der Waals surface area contributed by atoms with Crippen LogP contribution < -0.4 is 17.2 Å². The predicted octanol–water partition coefficient (Wildman–Crippen LogP) is -0.232. The number of benzene rings is 1. The van der Waals surface area contributed by atoms with E-state index in [0.29, 0.717) is 17.8 Å². The monoisotopic (exact) mass is 179 g/mol. The van der Waals surface area contributed by atoms with Crippen molar-refractivity contribution in [2.24, 2.45) is 5.73 Å². The van der Waals surface area contributed by atoms with E-state index in [1.807, 2.05) is 0 Å². The topological polar surface area (TPSA) is 98.3 Å². The maximum Gasteiger partial charge on any atom is 0.0774 e. The molecule has 70 valence electrons. The van der Waals surface area contributed by atoms with Crippen molar-refractivity contribution in [2.75, 3.05) is 11.5 Å². The second-order valence-corrected chi connectivity index (χ2v) is 3.43. The highest BCUT2D eigenvalue weighted by Crippen LogP contribution is 2.37. The molecule has 4 heteroatoms. The molecule has 0 saturated heterocycles. The first-order valence-electron chi connectivity index (χ1n) is 4.21. The smallest absolute Gasteiger partial charge is 0.0774 e. The van der Waals surface area contributed by atoms with E-state index in [1.54, 1.807) is 12.1 Å². The van der Waals surface area contributed by atoms with Gasteiger partial charge in [0.2, 0.25) is 0 Å². The summed E-state index contributed by atoms with van der Waals surface area (Å²) in [4.78, 5) is 0. The summed E-state index contributed by atoms with van der Waals surface area (Å²) in [7, 11) is 0. The fourth-order valence-corrected chi connectivity index (χ4v) is 1.85. The maximum absolute atomic E-state index is 9.53. The van der Waals surface area contributed by atoms with Crippen molar-refractivity contribution >= 4 is 11.4 Å². The van der Waals surface area contributed by atoms with Gasteiger partial charge in [0.1, 0.15) is 0 Å². The average molecular weight is 179 g/mol. The average Bonchev–Trinajstić information content (AvgIpc) is 2.38. The lowest BCUT2D eigenvalue weighted by molar-refractivity contribution is 0.159. The Hall–Kier alpha value is -1.26. The molecule has 0 saturated carbocycles. The van der Waals surface area contributed by atoms with E-state index in [0.717, 1.165) is 11.1 Å². The van der Waals surface area contributed by atoms with Crippen LogP contribution >= 0.6 is 0 Å². The first-order chi connectivity index (χ1) is 6.11. The van der Waals surface area contributed by atoms with Crippen LogP contribution in [0.15, 0.2) is 12.1 Å². The van der Waals surface area contributed by atoms with Gasteiger partial charge in [-0.05, 0) is 23.3 Å². The molecular weight excluding hydrogens is 166 g/mol. The van der Waals surface area contributed by atoms with E-state index >= 15 is 0 Å². The van der Waals surface area contributed by atoms with Gasteiger partial charge in [-0.2, -0.15) is 0 Å². The number of hydrogen-bond donors (Lipinski definition) is 4. The fourth-order valence-electron chi connectivity index (χ4n) is 1.85. The number of rotatable bonds is 0. The van der Waals surface area contributed by atoms with Crippen molar-refractivity contribution in [3.8, 4) is 0 Å². The van der Waals surface area contributed by atoms with Crippen LogP contribution in [0.1, 0.15) is 17.2 Å².